The molecule has 0 aliphatic heterocycles. The van der Waals surface area contributed by atoms with Crippen LogP contribution in [0.4, 0.5) is 0 Å². The molecule has 0 fully saturated rings. The Morgan fingerprint density at radius 1 is 1.13 bits per heavy atom. The summed E-state index contributed by atoms with van der Waals surface area (Å²) in [6.07, 6.45) is 1.05. The zero-order valence-corrected chi connectivity index (χ0v) is 9.04. The predicted octanol–water partition coefficient (Wildman–Crippen LogP) is 3.27. The molecule has 0 N–H and O–H groups in total. The summed E-state index contributed by atoms with van der Waals surface area (Å²) in [6, 6.07) is 10.7. The van der Waals surface area contributed by atoms with Crippen molar-refractivity contribution in [3.05, 3.63) is 52.7 Å². The van der Waals surface area contributed by atoms with Crippen molar-refractivity contribution >= 4 is 0 Å². The Hall–Kier alpha value is -1.63. The average Bonchev–Trinajstić information content (AvgIpc) is 2.57. The third-order valence-corrected chi connectivity index (χ3v) is 3.12. The molecule has 74 valence electrons. The smallest absolute Gasteiger partial charge is 0.0746 e. The van der Waals surface area contributed by atoms with Gasteiger partial charge in [-0.15, -0.1) is 0 Å². The number of hydrogen-bond acceptors (Lipinski definition) is 1. The first-order valence-corrected chi connectivity index (χ1v) is 5.31. The second-order valence-electron chi connectivity index (χ2n) is 4.24. The minimum Gasteiger partial charge on any atom is -0.253 e. The lowest BCUT2D eigenvalue weighted by molar-refractivity contribution is 1.13. The van der Waals surface area contributed by atoms with Crippen molar-refractivity contribution in [2.75, 3.05) is 0 Å². The molecule has 0 spiro atoms. The van der Waals surface area contributed by atoms with Crippen LogP contribution in [0.15, 0.2) is 30.3 Å². The van der Waals surface area contributed by atoms with Gasteiger partial charge in [0, 0.05) is 17.7 Å². The molecule has 1 aliphatic rings. The number of aryl methyl sites for hydroxylation is 2. The van der Waals surface area contributed by atoms with E-state index in [1.807, 2.05) is 0 Å². The lowest BCUT2D eigenvalue weighted by Gasteiger charge is -2.04. The fraction of sp³-hybridized carbons (Fsp3) is 0.214. The van der Waals surface area contributed by atoms with Crippen molar-refractivity contribution in [2.24, 2.45) is 0 Å². The Morgan fingerprint density at radius 3 is 2.80 bits per heavy atom. The summed E-state index contributed by atoms with van der Waals surface area (Å²) in [4.78, 5) is 4.66. The summed E-state index contributed by atoms with van der Waals surface area (Å²) >= 11 is 0. The van der Waals surface area contributed by atoms with Gasteiger partial charge in [-0.1, -0.05) is 24.3 Å². The van der Waals surface area contributed by atoms with Crippen LogP contribution in [0.2, 0.25) is 0 Å². The predicted molar refractivity (Wildman–Crippen MR) is 62.0 cm³/mol. The Balaban J connectivity index is 2.33. The van der Waals surface area contributed by atoms with Gasteiger partial charge in [-0.2, -0.15) is 0 Å². The molecule has 0 bridgehead atoms. The van der Waals surface area contributed by atoms with Crippen molar-refractivity contribution < 1.29 is 0 Å². The van der Waals surface area contributed by atoms with Gasteiger partial charge in [0.15, 0.2) is 0 Å². The van der Waals surface area contributed by atoms with Crippen molar-refractivity contribution in [3.63, 3.8) is 0 Å². The SMILES string of the molecule is Cc1cc(C)c2c(n1)-c1ccccc1C2. The lowest BCUT2D eigenvalue weighted by Crippen LogP contribution is -1.92. The minimum atomic E-state index is 1.05. The molecule has 0 amide bonds. The molecule has 0 unspecified atom stereocenters. The largest absolute Gasteiger partial charge is 0.253 e. The quantitative estimate of drug-likeness (QED) is 0.536. The van der Waals surface area contributed by atoms with Gasteiger partial charge in [0.2, 0.25) is 0 Å². The maximum Gasteiger partial charge on any atom is 0.0746 e. The van der Waals surface area contributed by atoms with E-state index in [-0.39, 0.29) is 0 Å². The first-order valence-electron chi connectivity index (χ1n) is 5.31. The van der Waals surface area contributed by atoms with Crippen molar-refractivity contribution in [1.82, 2.24) is 4.98 Å². The number of fused-ring (bicyclic) bond motifs is 3. The lowest BCUT2D eigenvalue weighted by atomic mass is 10.1. The first kappa shape index (κ1) is 8.66. The molecule has 1 aromatic heterocycles. The van der Waals surface area contributed by atoms with E-state index in [4.69, 9.17) is 0 Å². The second-order valence-corrected chi connectivity index (χ2v) is 4.24. The number of rotatable bonds is 0. The van der Waals surface area contributed by atoms with Gasteiger partial charge in [0.1, 0.15) is 0 Å². The van der Waals surface area contributed by atoms with Crippen LogP contribution in [0.5, 0.6) is 0 Å². The minimum absolute atomic E-state index is 1.05. The fourth-order valence-corrected chi connectivity index (χ4v) is 2.41. The zero-order valence-electron chi connectivity index (χ0n) is 9.04. The molecule has 2 aromatic rings. The number of pyridine rings is 1. The normalized spacial score (nSPS) is 12.4. The van der Waals surface area contributed by atoms with E-state index in [1.165, 1.54) is 27.9 Å². The highest BCUT2D eigenvalue weighted by molar-refractivity contribution is 5.74. The van der Waals surface area contributed by atoms with E-state index in [0.717, 1.165) is 12.1 Å². The molecule has 15 heavy (non-hydrogen) atoms. The monoisotopic (exact) mass is 195 g/mol. The third-order valence-electron chi connectivity index (χ3n) is 3.12. The standard InChI is InChI=1S/C14H13N/c1-9-7-10(2)15-14-12-6-4-3-5-11(12)8-13(9)14/h3-7H,8H2,1-2H3. The molecule has 0 saturated heterocycles. The van der Waals surface area contributed by atoms with E-state index in [9.17, 15) is 0 Å². The van der Waals surface area contributed by atoms with Gasteiger partial charge in [-0.25, -0.2) is 0 Å². The highest BCUT2D eigenvalue weighted by Crippen LogP contribution is 2.36. The Bertz CT molecular complexity index is 541. The van der Waals surface area contributed by atoms with Gasteiger partial charge in [0.25, 0.3) is 0 Å². The molecule has 1 heteroatoms. The molecule has 1 aliphatic carbocycles. The third kappa shape index (κ3) is 1.19. The fourth-order valence-electron chi connectivity index (χ4n) is 2.41. The van der Waals surface area contributed by atoms with Crippen LogP contribution in [0, 0.1) is 13.8 Å². The van der Waals surface area contributed by atoms with Crippen LogP contribution in [0.3, 0.4) is 0 Å². The molecule has 1 heterocycles. The van der Waals surface area contributed by atoms with Gasteiger partial charge in [-0.3, -0.25) is 4.98 Å². The molecule has 0 atom stereocenters. The van der Waals surface area contributed by atoms with Crippen molar-refractivity contribution in [3.8, 4) is 11.3 Å². The number of nitrogens with zero attached hydrogens (tertiary/aromatic N) is 1. The summed E-state index contributed by atoms with van der Waals surface area (Å²) in [5.41, 5.74) is 7.81. The first-order chi connectivity index (χ1) is 7.25. The maximum absolute atomic E-state index is 4.66. The Kier molecular flexibility index (Phi) is 1.69. The van der Waals surface area contributed by atoms with Crippen LogP contribution >= 0.6 is 0 Å². The highest BCUT2D eigenvalue weighted by Gasteiger charge is 2.20. The zero-order chi connectivity index (χ0) is 10.4. The maximum atomic E-state index is 4.66. The Labute approximate surface area is 89.8 Å². The summed E-state index contributed by atoms with van der Waals surface area (Å²) in [5.74, 6) is 0. The van der Waals surface area contributed by atoms with Crippen LogP contribution in [-0.4, -0.2) is 4.98 Å². The summed E-state index contributed by atoms with van der Waals surface area (Å²) < 4.78 is 0. The van der Waals surface area contributed by atoms with Crippen molar-refractivity contribution in [2.45, 2.75) is 20.3 Å². The Morgan fingerprint density at radius 2 is 1.93 bits per heavy atom. The molecule has 1 nitrogen and oxygen atoms in total. The van der Waals surface area contributed by atoms with Crippen LogP contribution < -0.4 is 0 Å². The van der Waals surface area contributed by atoms with E-state index in [2.05, 4.69) is 49.2 Å². The number of hydrogen-bond donors (Lipinski definition) is 0. The van der Waals surface area contributed by atoms with Gasteiger partial charge >= 0.3 is 0 Å². The van der Waals surface area contributed by atoms with E-state index in [0.29, 0.717) is 0 Å². The molecule has 0 saturated carbocycles. The van der Waals surface area contributed by atoms with Crippen LogP contribution in [0.25, 0.3) is 11.3 Å². The van der Waals surface area contributed by atoms with Crippen molar-refractivity contribution in [1.29, 1.82) is 0 Å². The molecular weight excluding hydrogens is 182 g/mol. The summed E-state index contributed by atoms with van der Waals surface area (Å²) in [6.45, 7) is 4.24. The van der Waals surface area contributed by atoms with E-state index >= 15 is 0 Å². The number of benzene rings is 1. The molecular formula is C14H13N. The molecule has 0 radical (unpaired) electrons. The molecule has 1 aromatic carbocycles. The average molecular weight is 195 g/mol. The van der Waals surface area contributed by atoms with Crippen LogP contribution in [-0.2, 0) is 6.42 Å². The summed E-state index contributed by atoms with van der Waals surface area (Å²) in [5, 5.41) is 0. The topological polar surface area (TPSA) is 12.9 Å². The van der Waals surface area contributed by atoms with Gasteiger partial charge < -0.3 is 0 Å². The van der Waals surface area contributed by atoms with E-state index < -0.39 is 0 Å². The molecule has 3 rings (SSSR count). The highest BCUT2D eigenvalue weighted by atomic mass is 14.7. The summed E-state index contributed by atoms with van der Waals surface area (Å²) in [7, 11) is 0. The van der Waals surface area contributed by atoms with E-state index in [1.54, 1.807) is 0 Å². The van der Waals surface area contributed by atoms with Gasteiger partial charge in [0.05, 0.1) is 5.69 Å². The number of aromatic nitrogens is 1. The van der Waals surface area contributed by atoms with Crippen LogP contribution in [0.1, 0.15) is 22.4 Å². The van der Waals surface area contributed by atoms with Gasteiger partial charge in [-0.05, 0) is 36.6 Å². The second kappa shape index (κ2) is 2.93.